The van der Waals surface area contributed by atoms with Crippen molar-refractivity contribution in [3.05, 3.63) is 35.9 Å². The Hall–Kier alpha value is -0.550. The molecule has 1 N–H and O–H groups in total. The maximum absolute atomic E-state index is 9.44. The average molecular weight is 282 g/mol. The summed E-state index contributed by atoms with van der Waals surface area (Å²) < 4.78 is 11.7. The van der Waals surface area contributed by atoms with Crippen LogP contribution in [0, 0.1) is 11.8 Å². The van der Waals surface area contributed by atoms with E-state index in [-0.39, 0.29) is 24.3 Å². The van der Waals surface area contributed by atoms with Gasteiger partial charge in [0.05, 0.1) is 19.3 Å². The Bertz CT molecular complexity index is 382. The fourth-order valence-corrected chi connectivity index (χ4v) is 2.88. The number of aliphatic hydroxyl groups excluding tert-OH is 1. The molecule has 5 atom stereocenters. The van der Waals surface area contributed by atoms with E-state index >= 15 is 0 Å². The van der Waals surface area contributed by atoms with Crippen molar-refractivity contribution in [1.29, 1.82) is 0 Å². The minimum atomic E-state index is -0.294. The largest absolute Gasteiger partial charge is 0.394 e. The molecule has 19 heavy (non-hydrogen) atoms. The van der Waals surface area contributed by atoms with Crippen LogP contribution in [0.25, 0.3) is 0 Å². The summed E-state index contributed by atoms with van der Waals surface area (Å²) in [6, 6.07) is 10.0. The lowest BCUT2D eigenvalue weighted by Crippen LogP contribution is -2.50. The zero-order valence-corrected chi connectivity index (χ0v) is 12.3. The van der Waals surface area contributed by atoms with Gasteiger partial charge in [0.2, 0.25) is 0 Å². The standard InChI is InChI=1S/C15H22O3S/c1-10-11(2)15(19)18-13(8-16)14(10)17-9-12-6-4-3-5-7-12/h3-7,10-11,13-16,19H,8-9H2,1-2H3/t10?,11-,13?,14-,15+/m0/s1. The first-order chi connectivity index (χ1) is 9.13. The third-order valence-electron chi connectivity index (χ3n) is 3.94. The van der Waals surface area contributed by atoms with Crippen LogP contribution < -0.4 is 0 Å². The number of thiol groups is 1. The third kappa shape index (κ3) is 3.51. The Kier molecular flexibility index (Phi) is 5.28. The van der Waals surface area contributed by atoms with Crippen molar-refractivity contribution in [3.8, 4) is 0 Å². The number of hydrogen-bond donors (Lipinski definition) is 2. The van der Waals surface area contributed by atoms with Gasteiger partial charge in [-0.05, 0) is 17.4 Å². The molecule has 0 radical (unpaired) electrons. The van der Waals surface area contributed by atoms with Crippen molar-refractivity contribution in [2.24, 2.45) is 11.8 Å². The topological polar surface area (TPSA) is 38.7 Å². The van der Waals surface area contributed by atoms with E-state index in [9.17, 15) is 5.11 Å². The lowest BCUT2D eigenvalue weighted by Gasteiger charge is -2.42. The van der Waals surface area contributed by atoms with E-state index in [1.165, 1.54) is 0 Å². The minimum Gasteiger partial charge on any atom is -0.394 e. The maximum atomic E-state index is 9.44. The van der Waals surface area contributed by atoms with Gasteiger partial charge < -0.3 is 14.6 Å². The van der Waals surface area contributed by atoms with Gasteiger partial charge in [0.25, 0.3) is 0 Å². The molecule has 0 amide bonds. The van der Waals surface area contributed by atoms with Gasteiger partial charge in [0.1, 0.15) is 11.5 Å². The van der Waals surface area contributed by atoms with Gasteiger partial charge in [0.15, 0.2) is 0 Å². The number of ether oxygens (including phenoxy) is 2. The zero-order chi connectivity index (χ0) is 13.8. The van der Waals surface area contributed by atoms with E-state index < -0.39 is 0 Å². The fraction of sp³-hybridized carbons (Fsp3) is 0.600. The van der Waals surface area contributed by atoms with Crippen molar-refractivity contribution >= 4 is 12.6 Å². The lowest BCUT2D eigenvalue weighted by atomic mass is 9.85. The minimum absolute atomic E-state index is 0.0342. The molecule has 1 aliphatic heterocycles. The van der Waals surface area contributed by atoms with Crippen molar-refractivity contribution in [2.45, 2.75) is 38.1 Å². The molecule has 0 aliphatic carbocycles. The molecule has 1 heterocycles. The third-order valence-corrected chi connectivity index (χ3v) is 4.54. The van der Waals surface area contributed by atoms with Gasteiger partial charge in [-0.3, -0.25) is 0 Å². The molecule has 1 aliphatic rings. The van der Waals surface area contributed by atoms with E-state index in [4.69, 9.17) is 9.47 Å². The smallest absolute Gasteiger partial charge is 0.108 e. The summed E-state index contributed by atoms with van der Waals surface area (Å²) in [5, 5.41) is 9.44. The molecular formula is C15H22O3S. The summed E-state index contributed by atoms with van der Waals surface area (Å²) in [6.45, 7) is 4.75. The Morgan fingerprint density at radius 1 is 1.21 bits per heavy atom. The van der Waals surface area contributed by atoms with Crippen LogP contribution in [0.15, 0.2) is 30.3 Å². The Morgan fingerprint density at radius 3 is 2.53 bits per heavy atom. The maximum Gasteiger partial charge on any atom is 0.108 e. The Labute approximate surface area is 120 Å². The highest BCUT2D eigenvalue weighted by Gasteiger charge is 2.40. The molecule has 0 aromatic heterocycles. The molecule has 0 bridgehead atoms. The summed E-state index contributed by atoms with van der Waals surface area (Å²) >= 11 is 4.42. The molecule has 1 aromatic rings. The predicted octanol–water partition coefficient (Wildman–Crippen LogP) is 2.49. The van der Waals surface area contributed by atoms with Crippen LogP contribution in [0.4, 0.5) is 0 Å². The molecule has 0 saturated carbocycles. The van der Waals surface area contributed by atoms with Crippen LogP contribution in [0.3, 0.4) is 0 Å². The first-order valence-electron chi connectivity index (χ1n) is 6.73. The quantitative estimate of drug-likeness (QED) is 0.833. The van der Waals surface area contributed by atoms with Gasteiger partial charge in [-0.2, -0.15) is 0 Å². The molecule has 106 valence electrons. The Balaban J connectivity index is 2.00. The van der Waals surface area contributed by atoms with E-state index in [1.54, 1.807) is 0 Å². The number of benzene rings is 1. The van der Waals surface area contributed by atoms with E-state index in [0.29, 0.717) is 18.4 Å². The van der Waals surface area contributed by atoms with Crippen molar-refractivity contribution < 1.29 is 14.6 Å². The van der Waals surface area contributed by atoms with Crippen LogP contribution in [-0.4, -0.2) is 29.4 Å². The summed E-state index contributed by atoms with van der Waals surface area (Å²) in [6.07, 6.45) is -0.388. The lowest BCUT2D eigenvalue weighted by molar-refractivity contribution is -0.177. The molecule has 1 saturated heterocycles. The second-order valence-electron chi connectivity index (χ2n) is 5.23. The summed E-state index contributed by atoms with van der Waals surface area (Å²) in [5.74, 6) is 0.601. The number of hydrogen-bond acceptors (Lipinski definition) is 4. The highest BCUT2D eigenvalue weighted by atomic mass is 32.1. The molecule has 2 rings (SSSR count). The van der Waals surface area contributed by atoms with Crippen LogP contribution in [-0.2, 0) is 16.1 Å². The van der Waals surface area contributed by atoms with Gasteiger partial charge in [0, 0.05) is 0 Å². The first-order valence-corrected chi connectivity index (χ1v) is 7.25. The van der Waals surface area contributed by atoms with Gasteiger partial charge >= 0.3 is 0 Å². The summed E-state index contributed by atoms with van der Waals surface area (Å²) in [4.78, 5) is 0. The second-order valence-corrected chi connectivity index (χ2v) is 5.74. The highest BCUT2D eigenvalue weighted by Crippen LogP contribution is 2.34. The van der Waals surface area contributed by atoms with Crippen LogP contribution in [0.5, 0.6) is 0 Å². The molecule has 0 spiro atoms. The van der Waals surface area contributed by atoms with Crippen LogP contribution in [0.1, 0.15) is 19.4 Å². The fourth-order valence-electron chi connectivity index (χ4n) is 2.45. The SMILES string of the molecule is CC1[C@H](OCc2ccccc2)C(CO)O[C@H](S)[C@H]1C. The van der Waals surface area contributed by atoms with Gasteiger partial charge in [-0.1, -0.05) is 44.2 Å². The number of rotatable bonds is 4. The van der Waals surface area contributed by atoms with E-state index in [2.05, 4.69) is 26.5 Å². The molecular weight excluding hydrogens is 260 g/mol. The second kappa shape index (κ2) is 6.75. The summed E-state index contributed by atoms with van der Waals surface area (Å²) in [5.41, 5.74) is 0.996. The first kappa shape index (κ1) is 14.9. The molecule has 3 nitrogen and oxygen atoms in total. The monoisotopic (exact) mass is 282 g/mol. The summed E-state index contributed by atoms with van der Waals surface area (Å²) in [7, 11) is 0. The zero-order valence-electron chi connectivity index (χ0n) is 11.4. The van der Waals surface area contributed by atoms with Crippen molar-refractivity contribution in [2.75, 3.05) is 6.61 Å². The predicted molar refractivity (Wildman–Crippen MR) is 78.1 cm³/mol. The molecule has 2 unspecified atom stereocenters. The molecule has 1 fully saturated rings. The van der Waals surface area contributed by atoms with E-state index in [0.717, 1.165) is 5.56 Å². The van der Waals surface area contributed by atoms with Crippen LogP contribution in [0.2, 0.25) is 0 Å². The number of aliphatic hydroxyl groups is 1. The molecule has 4 heteroatoms. The van der Waals surface area contributed by atoms with E-state index in [1.807, 2.05) is 30.3 Å². The van der Waals surface area contributed by atoms with Crippen molar-refractivity contribution in [1.82, 2.24) is 0 Å². The van der Waals surface area contributed by atoms with Crippen LogP contribution >= 0.6 is 12.6 Å². The normalized spacial score (nSPS) is 35.3. The Morgan fingerprint density at radius 2 is 1.89 bits per heavy atom. The molecule has 1 aromatic carbocycles. The van der Waals surface area contributed by atoms with Gasteiger partial charge in [-0.25, -0.2) is 0 Å². The van der Waals surface area contributed by atoms with Gasteiger partial charge in [-0.15, -0.1) is 12.6 Å². The average Bonchev–Trinajstić information content (AvgIpc) is 2.44. The van der Waals surface area contributed by atoms with Crippen molar-refractivity contribution in [3.63, 3.8) is 0 Å². The highest BCUT2D eigenvalue weighted by molar-refractivity contribution is 7.80.